The third-order valence-electron chi connectivity index (χ3n) is 4.54. The molecule has 0 aliphatic carbocycles. The monoisotopic (exact) mass is 472 g/mol. The molecule has 1 fully saturated rings. The highest BCUT2D eigenvalue weighted by atomic mass is 32.2. The molecular weight excluding hydrogens is 457 g/mol. The van der Waals surface area contributed by atoms with Crippen LogP contribution in [0.25, 0.3) is 11.4 Å². The van der Waals surface area contributed by atoms with Crippen LogP contribution in [0, 0.1) is 0 Å². The van der Waals surface area contributed by atoms with Crippen LogP contribution in [-0.2, 0) is 16.2 Å². The zero-order valence-electron chi connectivity index (χ0n) is 15.7. The molecule has 1 N–H and O–H groups in total. The predicted molar refractivity (Wildman–Crippen MR) is 105 cm³/mol. The van der Waals surface area contributed by atoms with Crippen molar-refractivity contribution in [3.8, 4) is 11.4 Å². The number of anilines is 1. The highest BCUT2D eigenvalue weighted by Crippen LogP contribution is 2.32. The molecular formula is C18H15F3N4O4S2. The summed E-state index contributed by atoms with van der Waals surface area (Å²) in [4.78, 5) is 17.9. The van der Waals surface area contributed by atoms with E-state index in [4.69, 9.17) is 4.52 Å². The van der Waals surface area contributed by atoms with Crippen molar-refractivity contribution in [1.29, 1.82) is 0 Å². The number of hydrogen-bond acceptors (Lipinski definition) is 7. The summed E-state index contributed by atoms with van der Waals surface area (Å²) in [6.45, 7) is 1.22. The first kappa shape index (κ1) is 21.3. The quantitative estimate of drug-likeness (QED) is 0.605. The van der Waals surface area contributed by atoms with E-state index >= 15 is 0 Å². The molecule has 8 nitrogen and oxygen atoms in total. The van der Waals surface area contributed by atoms with Crippen LogP contribution in [0.3, 0.4) is 0 Å². The van der Waals surface area contributed by atoms with Crippen molar-refractivity contribution in [2.75, 3.05) is 17.8 Å². The van der Waals surface area contributed by atoms with E-state index in [1.165, 1.54) is 17.5 Å². The number of halogens is 3. The van der Waals surface area contributed by atoms with Gasteiger partial charge in [-0.25, -0.2) is 8.42 Å². The standard InChI is InChI=1S/C18H15F3N4O4S2/c19-18(20,21)12-4-3-5-13(9-12)24-31(27,28)14-8-11(10-30-14)15-22-16(29-23-15)17(26)25-6-1-2-7-25/h3-5,8-10,24H,1-2,6-7H2. The molecule has 0 atom stereocenters. The normalized spacial score (nSPS) is 14.7. The zero-order chi connectivity index (χ0) is 22.2. The Labute approximate surface area is 178 Å². The van der Waals surface area contributed by atoms with Gasteiger partial charge in [-0.15, -0.1) is 11.3 Å². The molecule has 0 saturated carbocycles. The molecule has 0 unspecified atom stereocenters. The van der Waals surface area contributed by atoms with Gasteiger partial charge in [-0.1, -0.05) is 11.2 Å². The number of aromatic nitrogens is 2. The lowest BCUT2D eigenvalue weighted by atomic mass is 10.2. The van der Waals surface area contributed by atoms with Gasteiger partial charge in [-0.2, -0.15) is 18.2 Å². The molecule has 4 rings (SSSR count). The molecule has 1 saturated heterocycles. The van der Waals surface area contributed by atoms with Crippen molar-refractivity contribution >= 4 is 33.0 Å². The number of hydrogen-bond donors (Lipinski definition) is 1. The Morgan fingerprint density at radius 3 is 2.65 bits per heavy atom. The van der Waals surface area contributed by atoms with Gasteiger partial charge < -0.3 is 9.42 Å². The molecule has 0 radical (unpaired) electrons. The predicted octanol–water partition coefficient (Wildman–Crippen LogP) is 3.85. The lowest BCUT2D eigenvalue weighted by Gasteiger charge is -2.10. The Hall–Kier alpha value is -2.93. The average Bonchev–Trinajstić information content (AvgIpc) is 3.48. The Morgan fingerprint density at radius 2 is 1.94 bits per heavy atom. The number of nitrogens with zero attached hydrogens (tertiary/aromatic N) is 3. The zero-order valence-corrected chi connectivity index (χ0v) is 17.4. The molecule has 0 spiro atoms. The molecule has 0 bridgehead atoms. The van der Waals surface area contributed by atoms with E-state index in [9.17, 15) is 26.4 Å². The Balaban J connectivity index is 1.52. The number of rotatable bonds is 5. The van der Waals surface area contributed by atoms with Crippen molar-refractivity contribution in [3.63, 3.8) is 0 Å². The number of likely N-dealkylation sites (tertiary alicyclic amines) is 1. The molecule has 164 valence electrons. The van der Waals surface area contributed by atoms with E-state index in [1.54, 1.807) is 4.90 Å². The van der Waals surface area contributed by atoms with Crippen LogP contribution in [0.2, 0.25) is 0 Å². The van der Waals surface area contributed by atoms with Crippen molar-refractivity contribution in [2.24, 2.45) is 0 Å². The van der Waals surface area contributed by atoms with Gasteiger partial charge in [0.1, 0.15) is 4.21 Å². The first-order valence-electron chi connectivity index (χ1n) is 9.05. The molecule has 3 aromatic rings. The third kappa shape index (κ3) is 4.56. The van der Waals surface area contributed by atoms with Gasteiger partial charge in [0.25, 0.3) is 10.0 Å². The number of benzene rings is 1. The summed E-state index contributed by atoms with van der Waals surface area (Å²) in [5.41, 5.74) is -0.886. The minimum absolute atomic E-state index is 0.0410. The van der Waals surface area contributed by atoms with Crippen molar-refractivity contribution in [2.45, 2.75) is 23.2 Å². The van der Waals surface area contributed by atoms with Crippen molar-refractivity contribution in [1.82, 2.24) is 15.0 Å². The van der Waals surface area contributed by atoms with E-state index in [2.05, 4.69) is 14.9 Å². The molecule has 3 heterocycles. The summed E-state index contributed by atoms with van der Waals surface area (Å²) in [6.07, 6.45) is -2.80. The highest BCUT2D eigenvalue weighted by Gasteiger charge is 2.31. The van der Waals surface area contributed by atoms with Gasteiger partial charge >= 0.3 is 18.0 Å². The van der Waals surface area contributed by atoms with Gasteiger partial charge in [-0.05, 0) is 37.1 Å². The summed E-state index contributed by atoms with van der Waals surface area (Å²) in [7, 11) is -4.15. The van der Waals surface area contributed by atoms with Gasteiger partial charge in [0.05, 0.1) is 5.56 Å². The van der Waals surface area contributed by atoms with Crippen LogP contribution in [0.15, 0.2) is 44.4 Å². The smallest absolute Gasteiger partial charge is 0.334 e. The number of sulfonamides is 1. The Kier molecular flexibility index (Phi) is 5.47. The first-order chi connectivity index (χ1) is 14.6. The highest BCUT2D eigenvalue weighted by molar-refractivity contribution is 7.94. The summed E-state index contributed by atoms with van der Waals surface area (Å²) in [6, 6.07) is 5.14. The summed E-state index contributed by atoms with van der Waals surface area (Å²) < 4.78 is 70.7. The fourth-order valence-corrected chi connectivity index (χ4v) is 5.23. The van der Waals surface area contributed by atoms with Crippen LogP contribution in [0.5, 0.6) is 0 Å². The van der Waals surface area contributed by atoms with E-state index in [0.29, 0.717) is 24.7 Å². The number of amides is 1. The maximum absolute atomic E-state index is 12.8. The Morgan fingerprint density at radius 1 is 1.19 bits per heavy atom. The largest absolute Gasteiger partial charge is 0.416 e. The average molecular weight is 472 g/mol. The molecule has 2 aromatic heterocycles. The lowest BCUT2D eigenvalue weighted by Crippen LogP contribution is -2.27. The SMILES string of the molecule is O=C(c1nc(-c2csc(S(=O)(=O)Nc3cccc(C(F)(F)F)c3)c2)no1)N1CCCC1. The van der Waals surface area contributed by atoms with E-state index in [0.717, 1.165) is 36.3 Å². The molecule has 1 amide bonds. The van der Waals surface area contributed by atoms with Crippen LogP contribution < -0.4 is 4.72 Å². The fraction of sp³-hybridized carbons (Fsp3) is 0.278. The van der Waals surface area contributed by atoms with Crippen LogP contribution >= 0.6 is 11.3 Å². The number of alkyl halides is 3. The maximum Gasteiger partial charge on any atom is 0.416 e. The van der Waals surface area contributed by atoms with Gasteiger partial charge in [0.2, 0.25) is 5.82 Å². The van der Waals surface area contributed by atoms with E-state index in [1.807, 2.05) is 0 Å². The van der Waals surface area contributed by atoms with Crippen molar-refractivity contribution in [3.05, 3.63) is 47.2 Å². The number of nitrogens with one attached hydrogen (secondary N) is 1. The molecule has 1 aliphatic heterocycles. The van der Waals surface area contributed by atoms with Gasteiger partial charge in [-0.3, -0.25) is 9.52 Å². The molecule has 31 heavy (non-hydrogen) atoms. The van der Waals surface area contributed by atoms with Crippen LogP contribution in [-0.4, -0.2) is 42.5 Å². The van der Waals surface area contributed by atoms with Gasteiger partial charge in [0.15, 0.2) is 0 Å². The second kappa shape index (κ2) is 7.96. The topological polar surface area (TPSA) is 105 Å². The summed E-state index contributed by atoms with van der Waals surface area (Å²) in [5.74, 6) is -0.528. The third-order valence-corrected chi connectivity index (χ3v) is 7.36. The number of carbonyl (C=O) groups is 1. The minimum Gasteiger partial charge on any atom is -0.334 e. The summed E-state index contributed by atoms with van der Waals surface area (Å²) in [5, 5.41) is 5.18. The van der Waals surface area contributed by atoms with Crippen LogP contribution in [0.1, 0.15) is 29.1 Å². The number of thiophene rings is 1. The lowest BCUT2D eigenvalue weighted by molar-refractivity contribution is -0.137. The molecule has 13 heteroatoms. The first-order valence-corrected chi connectivity index (χ1v) is 11.4. The number of carbonyl (C=O) groups excluding carboxylic acids is 1. The van der Waals surface area contributed by atoms with E-state index < -0.39 is 21.8 Å². The van der Waals surface area contributed by atoms with Crippen molar-refractivity contribution < 1.29 is 30.9 Å². The van der Waals surface area contributed by atoms with E-state index in [-0.39, 0.29) is 27.5 Å². The fourth-order valence-electron chi connectivity index (χ4n) is 3.02. The minimum atomic E-state index is -4.60. The second-order valence-corrected chi connectivity index (χ2v) is 9.58. The maximum atomic E-state index is 12.8. The van der Waals surface area contributed by atoms with Crippen LogP contribution in [0.4, 0.5) is 18.9 Å². The molecule has 1 aliphatic rings. The summed E-state index contributed by atoms with van der Waals surface area (Å²) >= 11 is 0.834. The van der Waals surface area contributed by atoms with Gasteiger partial charge in [0, 0.05) is 29.7 Å². The Bertz CT molecular complexity index is 1210. The second-order valence-electron chi connectivity index (χ2n) is 6.76. The molecule has 1 aromatic carbocycles.